The van der Waals surface area contributed by atoms with E-state index in [0.29, 0.717) is 17.1 Å². The molecule has 0 radical (unpaired) electrons. The maximum atomic E-state index is 13.6. The Hall–Kier alpha value is -3.72. The van der Waals surface area contributed by atoms with Gasteiger partial charge in [-0.15, -0.1) is 0 Å². The molecular weight excluding hydrogens is 319 g/mol. The van der Waals surface area contributed by atoms with Gasteiger partial charge in [-0.1, -0.05) is 12.1 Å². The van der Waals surface area contributed by atoms with Gasteiger partial charge in [0.05, 0.1) is 29.1 Å². The van der Waals surface area contributed by atoms with E-state index >= 15 is 0 Å². The zero-order valence-electron chi connectivity index (χ0n) is 13.0. The molecule has 1 heterocycles. The van der Waals surface area contributed by atoms with Crippen LogP contribution in [0.4, 0.5) is 21.6 Å². The minimum atomic E-state index is -0.584. The minimum Gasteiger partial charge on any atom is -0.354 e. The fourth-order valence-electron chi connectivity index (χ4n) is 2.17. The second-order valence-corrected chi connectivity index (χ2v) is 5.18. The van der Waals surface area contributed by atoms with Gasteiger partial charge in [0.25, 0.3) is 5.91 Å². The Bertz CT molecular complexity index is 931. The van der Waals surface area contributed by atoms with Gasteiger partial charge < -0.3 is 10.6 Å². The number of rotatable bonds is 4. The molecule has 0 saturated carbocycles. The van der Waals surface area contributed by atoms with E-state index in [1.54, 1.807) is 48.7 Å². The number of benzene rings is 2. The summed E-state index contributed by atoms with van der Waals surface area (Å²) in [6.07, 6.45) is 1.55. The molecule has 0 atom stereocenters. The number of halogens is 1. The van der Waals surface area contributed by atoms with Crippen LogP contribution in [-0.2, 0) is 0 Å². The lowest BCUT2D eigenvalue weighted by Crippen LogP contribution is -2.14. The second kappa shape index (κ2) is 7.23. The van der Waals surface area contributed by atoms with Crippen molar-refractivity contribution >= 4 is 23.1 Å². The summed E-state index contributed by atoms with van der Waals surface area (Å²) in [5.41, 5.74) is 2.07. The molecule has 3 aromatic rings. The van der Waals surface area contributed by atoms with E-state index in [9.17, 15) is 9.18 Å². The van der Waals surface area contributed by atoms with E-state index < -0.39 is 11.7 Å². The molecule has 2 aromatic carbocycles. The van der Waals surface area contributed by atoms with Crippen molar-refractivity contribution in [1.82, 2.24) is 4.98 Å². The number of hydrogen-bond acceptors (Lipinski definition) is 4. The number of nitrogens with one attached hydrogen (secondary N) is 2. The summed E-state index contributed by atoms with van der Waals surface area (Å²) >= 11 is 0. The van der Waals surface area contributed by atoms with Crippen LogP contribution in [0.1, 0.15) is 15.9 Å². The molecule has 0 saturated heterocycles. The van der Waals surface area contributed by atoms with Gasteiger partial charge in [-0.3, -0.25) is 4.79 Å². The first-order chi connectivity index (χ1) is 12.2. The SMILES string of the molecule is N#Cc1ccc(Nc2ccc(NC(=O)c3ccccc3F)nc2)cc1. The Labute approximate surface area is 143 Å². The van der Waals surface area contributed by atoms with Gasteiger partial charge in [-0.2, -0.15) is 5.26 Å². The van der Waals surface area contributed by atoms with E-state index in [0.717, 1.165) is 5.69 Å². The zero-order valence-corrected chi connectivity index (χ0v) is 13.0. The number of pyridine rings is 1. The summed E-state index contributed by atoms with van der Waals surface area (Å²) in [6, 6.07) is 18.1. The topological polar surface area (TPSA) is 77.8 Å². The van der Waals surface area contributed by atoms with Crippen LogP contribution in [0.2, 0.25) is 0 Å². The zero-order chi connectivity index (χ0) is 17.6. The molecule has 1 amide bonds. The molecule has 3 rings (SSSR count). The van der Waals surface area contributed by atoms with Gasteiger partial charge >= 0.3 is 0 Å². The largest absolute Gasteiger partial charge is 0.354 e. The highest BCUT2D eigenvalue weighted by atomic mass is 19.1. The van der Waals surface area contributed by atoms with E-state index in [1.807, 2.05) is 0 Å². The minimum absolute atomic E-state index is 0.0379. The number of carbonyl (C=O) groups excluding carboxylic acids is 1. The average Bonchev–Trinajstić information content (AvgIpc) is 2.64. The van der Waals surface area contributed by atoms with Crippen LogP contribution in [0.3, 0.4) is 0 Å². The monoisotopic (exact) mass is 332 g/mol. The Morgan fingerprint density at radius 3 is 2.36 bits per heavy atom. The predicted octanol–water partition coefficient (Wildman–Crippen LogP) is 4.09. The molecule has 2 N–H and O–H groups in total. The Balaban J connectivity index is 1.67. The van der Waals surface area contributed by atoms with Crippen LogP contribution in [-0.4, -0.2) is 10.9 Å². The van der Waals surface area contributed by atoms with E-state index in [4.69, 9.17) is 5.26 Å². The third-order valence-corrected chi connectivity index (χ3v) is 3.43. The second-order valence-electron chi connectivity index (χ2n) is 5.18. The lowest BCUT2D eigenvalue weighted by molar-refractivity contribution is 0.102. The average molecular weight is 332 g/mol. The highest BCUT2D eigenvalue weighted by molar-refractivity contribution is 6.03. The number of amides is 1. The first-order valence-corrected chi connectivity index (χ1v) is 7.45. The molecule has 0 spiro atoms. The van der Waals surface area contributed by atoms with Gasteiger partial charge in [0.15, 0.2) is 0 Å². The van der Waals surface area contributed by atoms with Crippen molar-refractivity contribution in [3.63, 3.8) is 0 Å². The molecule has 0 aliphatic rings. The van der Waals surface area contributed by atoms with Crippen LogP contribution in [0, 0.1) is 17.1 Å². The van der Waals surface area contributed by atoms with Crippen molar-refractivity contribution in [3.8, 4) is 6.07 Å². The molecule has 122 valence electrons. The normalized spacial score (nSPS) is 9.92. The molecular formula is C19H13FN4O. The fourth-order valence-corrected chi connectivity index (χ4v) is 2.17. The molecule has 5 nitrogen and oxygen atoms in total. The van der Waals surface area contributed by atoms with Crippen LogP contribution in [0.25, 0.3) is 0 Å². The van der Waals surface area contributed by atoms with Gasteiger partial charge in [0, 0.05) is 5.69 Å². The van der Waals surface area contributed by atoms with Crippen molar-refractivity contribution < 1.29 is 9.18 Å². The van der Waals surface area contributed by atoms with Gasteiger partial charge in [0.2, 0.25) is 0 Å². The lowest BCUT2D eigenvalue weighted by Gasteiger charge is -2.08. The van der Waals surface area contributed by atoms with Crippen molar-refractivity contribution in [3.05, 3.63) is 83.8 Å². The summed E-state index contributed by atoms with van der Waals surface area (Å²) in [6.45, 7) is 0. The molecule has 0 fully saturated rings. The summed E-state index contributed by atoms with van der Waals surface area (Å²) in [7, 11) is 0. The quantitative estimate of drug-likeness (QED) is 0.754. The highest BCUT2D eigenvalue weighted by Gasteiger charge is 2.11. The van der Waals surface area contributed by atoms with Crippen molar-refractivity contribution in [2.24, 2.45) is 0 Å². The molecule has 0 aliphatic carbocycles. The summed E-state index contributed by atoms with van der Waals surface area (Å²) < 4.78 is 13.6. The Kier molecular flexibility index (Phi) is 4.67. The Morgan fingerprint density at radius 1 is 1.00 bits per heavy atom. The standard InChI is InChI=1S/C19H13FN4O/c20-17-4-2-1-3-16(17)19(25)24-18-10-9-15(12-22-18)23-14-7-5-13(11-21)6-8-14/h1-10,12,23H,(H,22,24,25). The Morgan fingerprint density at radius 2 is 1.72 bits per heavy atom. The first-order valence-electron chi connectivity index (χ1n) is 7.45. The van der Waals surface area contributed by atoms with Gasteiger partial charge in [-0.05, 0) is 48.5 Å². The molecule has 25 heavy (non-hydrogen) atoms. The molecule has 1 aromatic heterocycles. The number of nitrogens with zero attached hydrogens (tertiary/aromatic N) is 2. The fraction of sp³-hybridized carbons (Fsp3) is 0. The molecule has 0 bridgehead atoms. The van der Waals surface area contributed by atoms with Crippen LogP contribution in [0.15, 0.2) is 66.9 Å². The van der Waals surface area contributed by atoms with Crippen LogP contribution in [0.5, 0.6) is 0 Å². The van der Waals surface area contributed by atoms with Gasteiger partial charge in [0.1, 0.15) is 11.6 Å². The van der Waals surface area contributed by atoms with Crippen LogP contribution < -0.4 is 10.6 Å². The number of aromatic nitrogens is 1. The van der Waals surface area contributed by atoms with Crippen molar-refractivity contribution in [1.29, 1.82) is 5.26 Å². The van der Waals surface area contributed by atoms with E-state index in [1.165, 1.54) is 18.2 Å². The van der Waals surface area contributed by atoms with E-state index in [2.05, 4.69) is 21.7 Å². The summed E-state index contributed by atoms with van der Waals surface area (Å²) in [5, 5.41) is 14.5. The number of anilines is 3. The lowest BCUT2D eigenvalue weighted by atomic mass is 10.2. The molecule has 0 aliphatic heterocycles. The third kappa shape index (κ3) is 3.98. The summed E-state index contributed by atoms with van der Waals surface area (Å²) in [5.74, 6) is -0.823. The summed E-state index contributed by atoms with van der Waals surface area (Å²) in [4.78, 5) is 16.2. The molecule has 0 unspecified atom stereocenters. The number of hydrogen-bond donors (Lipinski definition) is 2. The predicted molar refractivity (Wildman–Crippen MR) is 93.0 cm³/mol. The van der Waals surface area contributed by atoms with E-state index in [-0.39, 0.29) is 5.56 Å². The maximum Gasteiger partial charge on any atom is 0.259 e. The first kappa shape index (κ1) is 16.1. The highest BCUT2D eigenvalue weighted by Crippen LogP contribution is 2.18. The number of carbonyl (C=O) groups is 1. The number of nitriles is 1. The maximum absolute atomic E-state index is 13.6. The van der Waals surface area contributed by atoms with Crippen molar-refractivity contribution in [2.45, 2.75) is 0 Å². The van der Waals surface area contributed by atoms with Crippen molar-refractivity contribution in [2.75, 3.05) is 10.6 Å². The van der Waals surface area contributed by atoms with Gasteiger partial charge in [-0.25, -0.2) is 9.37 Å². The molecule has 6 heteroatoms. The smallest absolute Gasteiger partial charge is 0.259 e. The third-order valence-electron chi connectivity index (χ3n) is 3.43. The van der Waals surface area contributed by atoms with Crippen LogP contribution >= 0.6 is 0 Å².